The van der Waals surface area contributed by atoms with Gasteiger partial charge in [0.05, 0.1) is 23.8 Å². The molecule has 0 spiro atoms. The quantitative estimate of drug-likeness (QED) is 0.287. The van der Waals surface area contributed by atoms with Crippen LogP contribution in [0.2, 0.25) is 0 Å². The van der Waals surface area contributed by atoms with Crippen molar-refractivity contribution in [1.29, 1.82) is 0 Å². The van der Waals surface area contributed by atoms with Crippen LogP contribution in [0.4, 0.5) is 0 Å². The van der Waals surface area contributed by atoms with Crippen molar-refractivity contribution in [2.24, 2.45) is 0 Å². The molecule has 0 bridgehead atoms. The predicted octanol–water partition coefficient (Wildman–Crippen LogP) is 7.28. The fourth-order valence-electron chi connectivity index (χ4n) is 4.57. The van der Waals surface area contributed by atoms with Gasteiger partial charge in [-0.1, -0.05) is 60.7 Å². The molecular weight excluding hydrogens is 392 g/mol. The van der Waals surface area contributed by atoms with Gasteiger partial charge in [0.15, 0.2) is 0 Å². The molecule has 0 aliphatic carbocycles. The summed E-state index contributed by atoms with van der Waals surface area (Å²) in [6.07, 6.45) is 1.80. The predicted molar refractivity (Wildman–Crippen MR) is 132 cm³/mol. The maximum atomic E-state index is 5.38. The summed E-state index contributed by atoms with van der Waals surface area (Å²) < 4.78 is 5.38. The minimum Gasteiger partial charge on any atom is -0.497 e. The molecule has 0 fully saturated rings. The molecule has 3 nitrogen and oxygen atoms in total. The maximum absolute atomic E-state index is 5.38. The SMILES string of the molecule is COc1ccc(-c2c3ccccc3c(-c3ccc4ncccc4n3)c3ccccc23)cc1. The van der Waals surface area contributed by atoms with Crippen molar-refractivity contribution in [3.63, 3.8) is 0 Å². The molecule has 0 unspecified atom stereocenters. The van der Waals surface area contributed by atoms with Gasteiger partial charge in [0.1, 0.15) is 5.75 Å². The van der Waals surface area contributed by atoms with Gasteiger partial charge in [0, 0.05) is 11.8 Å². The molecule has 6 aromatic rings. The Balaban J connectivity index is 1.73. The number of methoxy groups -OCH3 is 1. The maximum Gasteiger partial charge on any atom is 0.118 e. The summed E-state index contributed by atoms with van der Waals surface area (Å²) in [5.74, 6) is 0.855. The third kappa shape index (κ3) is 2.90. The Morgan fingerprint density at radius 2 is 1.19 bits per heavy atom. The van der Waals surface area contributed by atoms with Crippen molar-refractivity contribution < 1.29 is 4.74 Å². The third-order valence-electron chi connectivity index (χ3n) is 6.02. The standard InChI is InChI=1S/C29H20N2O/c1-32-20-14-12-19(13-15-20)28-21-7-2-4-9-23(21)29(24-10-5-3-8-22(24)28)27-17-16-25-26(31-27)11-6-18-30-25/h2-18H,1H3. The van der Waals surface area contributed by atoms with Crippen molar-refractivity contribution >= 4 is 32.6 Å². The molecule has 0 amide bonds. The molecule has 0 aliphatic heterocycles. The third-order valence-corrected chi connectivity index (χ3v) is 6.02. The lowest BCUT2D eigenvalue weighted by molar-refractivity contribution is 0.415. The summed E-state index contributed by atoms with van der Waals surface area (Å²) in [4.78, 5) is 9.43. The number of ether oxygens (including phenoxy) is 1. The molecule has 6 rings (SSSR count). The zero-order valence-corrected chi connectivity index (χ0v) is 17.6. The first-order chi connectivity index (χ1) is 15.8. The zero-order valence-electron chi connectivity index (χ0n) is 17.6. The fourth-order valence-corrected chi connectivity index (χ4v) is 4.57. The minimum atomic E-state index is 0.855. The van der Waals surface area contributed by atoms with Crippen molar-refractivity contribution in [1.82, 2.24) is 9.97 Å². The molecule has 0 radical (unpaired) electrons. The van der Waals surface area contributed by atoms with Crippen LogP contribution in [0.3, 0.4) is 0 Å². The molecule has 152 valence electrons. The van der Waals surface area contributed by atoms with E-state index in [1.165, 1.54) is 32.7 Å². The number of hydrogen-bond acceptors (Lipinski definition) is 3. The largest absolute Gasteiger partial charge is 0.497 e. The van der Waals surface area contributed by atoms with Crippen molar-refractivity contribution in [3.8, 4) is 28.1 Å². The number of fused-ring (bicyclic) bond motifs is 3. The molecule has 3 heteroatoms. The molecule has 0 atom stereocenters. The van der Waals surface area contributed by atoms with E-state index in [1.54, 1.807) is 13.3 Å². The van der Waals surface area contributed by atoms with Gasteiger partial charge < -0.3 is 4.74 Å². The molecule has 32 heavy (non-hydrogen) atoms. The molecule has 4 aromatic carbocycles. The van der Waals surface area contributed by atoms with Crippen molar-refractivity contribution in [3.05, 3.63) is 103 Å². The van der Waals surface area contributed by atoms with Crippen LogP contribution >= 0.6 is 0 Å². The number of pyridine rings is 2. The van der Waals surface area contributed by atoms with Gasteiger partial charge in [0.25, 0.3) is 0 Å². The monoisotopic (exact) mass is 412 g/mol. The molecule has 2 heterocycles. The minimum absolute atomic E-state index is 0.855. The average molecular weight is 412 g/mol. The second-order valence-corrected chi connectivity index (χ2v) is 7.81. The number of hydrogen-bond donors (Lipinski definition) is 0. The smallest absolute Gasteiger partial charge is 0.118 e. The van der Waals surface area contributed by atoms with Crippen molar-refractivity contribution in [2.75, 3.05) is 7.11 Å². The van der Waals surface area contributed by atoms with Gasteiger partial charge in [-0.15, -0.1) is 0 Å². The van der Waals surface area contributed by atoms with Gasteiger partial charge in [-0.3, -0.25) is 4.98 Å². The lowest BCUT2D eigenvalue weighted by Gasteiger charge is -2.17. The van der Waals surface area contributed by atoms with E-state index in [4.69, 9.17) is 9.72 Å². The Morgan fingerprint density at radius 1 is 0.562 bits per heavy atom. The molecule has 2 aromatic heterocycles. The lowest BCUT2D eigenvalue weighted by atomic mass is 9.87. The van der Waals surface area contributed by atoms with E-state index < -0.39 is 0 Å². The van der Waals surface area contributed by atoms with Crippen molar-refractivity contribution in [2.45, 2.75) is 0 Å². The Morgan fingerprint density at radius 3 is 1.81 bits per heavy atom. The summed E-state index contributed by atoms with van der Waals surface area (Å²) in [5, 5.41) is 4.79. The van der Waals surface area contributed by atoms with Crippen LogP contribution in [0.25, 0.3) is 55.0 Å². The fraction of sp³-hybridized carbons (Fsp3) is 0.0345. The Bertz CT molecular complexity index is 1550. The summed E-state index contributed by atoms with van der Waals surface area (Å²) in [5.41, 5.74) is 6.31. The van der Waals surface area contributed by atoms with Gasteiger partial charge in [-0.05, 0) is 69.1 Å². The van der Waals surface area contributed by atoms with Gasteiger partial charge >= 0.3 is 0 Å². The molecular formula is C29H20N2O. The van der Waals surface area contributed by atoms with Crippen LogP contribution in [0.15, 0.2) is 103 Å². The van der Waals surface area contributed by atoms with E-state index in [0.717, 1.165) is 28.0 Å². The highest BCUT2D eigenvalue weighted by Gasteiger charge is 2.17. The van der Waals surface area contributed by atoms with Crippen LogP contribution in [0, 0.1) is 0 Å². The van der Waals surface area contributed by atoms with E-state index in [1.807, 2.05) is 24.3 Å². The molecule has 0 saturated carbocycles. The Kier molecular flexibility index (Phi) is 4.32. The lowest BCUT2D eigenvalue weighted by Crippen LogP contribution is -1.93. The number of rotatable bonds is 3. The Hall–Kier alpha value is -4.24. The summed E-state index contributed by atoms with van der Waals surface area (Å²) in [7, 11) is 1.70. The van der Waals surface area contributed by atoms with Crippen LogP contribution in [-0.4, -0.2) is 17.1 Å². The second kappa shape index (κ2) is 7.47. The van der Waals surface area contributed by atoms with E-state index >= 15 is 0 Å². The molecule has 0 aliphatic rings. The summed E-state index contributed by atoms with van der Waals surface area (Å²) in [6, 6.07) is 33.6. The van der Waals surface area contributed by atoms with E-state index in [2.05, 4.69) is 77.8 Å². The number of nitrogens with zero attached hydrogens (tertiary/aromatic N) is 2. The number of benzene rings is 4. The molecule has 0 saturated heterocycles. The highest BCUT2D eigenvalue weighted by Crippen LogP contribution is 2.43. The second-order valence-electron chi connectivity index (χ2n) is 7.81. The van der Waals surface area contributed by atoms with Crippen LogP contribution < -0.4 is 4.74 Å². The van der Waals surface area contributed by atoms with Gasteiger partial charge in [0.2, 0.25) is 0 Å². The number of aromatic nitrogens is 2. The topological polar surface area (TPSA) is 35.0 Å². The average Bonchev–Trinajstić information content (AvgIpc) is 2.87. The first-order valence-electron chi connectivity index (χ1n) is 10.6. The van der Waals surface area contributed by atoms with Crippen LogP contribution in [-0.2, 0) is 0 Å². The normalized spacial score (nSPS) is 11.3. The summed E-state index contributed by atoms with van der Waals surface area (Å²) in [6.45, 7) is 0. The van der Waals surface area contributed by atoms with Crippen LogP contribution in [0.1, 0.15) is 0 Å². The van der Waals surface area contributed by atoms with E-state index in [9.17, 15) is 0 Å². The Labute approximate surface area is 186 Å². The van der Waals surface area contributed by atoms with E-state index in [0.29, 0.717) is 0 Å². The van der Waals surface area contributed by atoms with Gasteiger partial charge in [-0.2, -0.15) is 0 Å². The molecule has 0 N–H and O–H groups in total. The summed E-state index contributed by atoms with van der Waals surface area (Å²) >= 11 is 0. The zero-order chi connectivity index (χ0) is 21.5. The van der Waals surface area contributed by atoms with E-state index in [-0.39, 0.29) is 0 Å². The van der Waals surface area contributed by atoms with Crippen LogP contribution in [0.5, 0.6) is 5.75 Å². The first kappa shape index (κ1) is 18.5. The highest BCUT2D eigenvalue weighted by atomic mass is 16.5. The highest BCUT2D eigenvalue weighted by molar-refractivity contribution is 6.21. The first-order valence-corrected chi connectivity index (χ1v) is 10.6. The van der Waals surface area contributed by atoms with Gasteiger partial charge in [-0.25, -0.2) is 4.98 Å².